The lowest BCUT2D eigenvalue weighted by atomic mass is 10.3. The van der Waals surface area contributed by atoms with Crippen LogP contribution >= 0.6 is 11.8 Å². The lowest BCUT2D eigenvalue weighted by molar-refractivity contribution is 0.391. The van der Waals surface area contributed by atoms with Gasteiger partial charge in [0.2, 0.25) is 0 Å². The SMILES string of the molecule is Fc1c(F)c(F)c2c(c1F)S2. The number of benzene rings is 1. The molecule has 0 spiro atoms. The molecule has 0 N–H and O–H groups in total. The highest BCUT2D eigenvalue weighted by molar-refractivity contribution is 8.05. The molecule has 5 heteroatoms. The molecule has 11 heavy (non-hydrogen) atoms. The zero-order valence-electron chi connectivity index (χ0n) is 4.92. The quantitative estimate of drug-likeness (QED) is 0.260. The van der Waals surface area contributed by atoms with E-state index in [2.05, 4.69) is 0 Å². The van der Waals surface area contributed by atoms with Crippen molar-refractivity contribution in [2.24, 2.45) is 0 Å². The average Bonchev–Trinajstić information content (AvgIpc) is 2.76. The van der Waals surface area contributed by atoms with E-state index in [1.165, 1.54) is 0 Å². The maximum absolute atomic E-state index is 12.4. The smallest absolute Gasteiger partial charge is 0.198 e. The van der Waals surface area contributed by atoms with Crippen LogP contribution in [0.1, 0.15) is 0 Å². The Morgan fingerprint density at radius 3 is 1.36 bits per heavy atom. The standard InChI is InChI=1S/C6F4S/c7-1-2(8)4(10)6-5(11-6)3(1)9. The molecule has 2 rings (SSSR count). The third-order valence-corrected chi connectivity index (χ3v) is 2.32. The van der Waals surface area contributed by atoms with Crippen LogP contribution in [0, 0.1) is 23.3 Å². The molecule has 0 nitrogen and oxygen atoms in total. The Balaban J connectivity index is 2.78. The molecule has 0 fully saturated rings. The van der Waals surface area contributed by atoms with Crippen molar-refractivity contribution < 1.29 is 17.6 Å². The summed E-state index contributed by atoms with van der Waals surface area (Å²) in [5, 5.41) is 0. The summed E-state index contributed by atoms with van der Waals surface area (Å²) in [5.41, 5.74) is 0. The fraction of sp³-hybridized carbons (Fsp3) is 0. The molecule has 0 unspecified atom stereocenters. The van der Waals surface area contributed by atoms with Gasteiger partial charge in [-0.2, -0.15) is 0 Å². The van der Waals surface area contributed by atoms with Crippen molar-refractivity contribution in [1.29, 1.82) is 0 Å². The van der Waals surface area contributed by atoms with Gasteiger partial charge in [0.15, 0.2) is 23.3 Å². The number of fused-ring (bicyclic) bond motifs is 1. The highest BCUT2D eigenvalue weighted by Gasteiger charge is 2.35. The first-order valence-electron chi connectivity index (χ1n) is 2.66. The zero-order chi connectivity index (χ0) is 8.17. The Labute approximate surface area is 63.2 Å². The first-order valence-corrected chi connectivity index (χ1v) is 3.48. The minimum Gasteiger partial charge on any atom is -0.202 e. The van der Waals surface area contributed by atoms with Crippen LogP contribution in [0.15, 0.2) is 9.79 Å². The Hall–Kier alpha value is -0.710. The van der Waals surface area contributed by atoms with Gasteiger partial charge in [0.1, 0.15) is 0 Å². The second-order valence-electron chi connectivity index (χ2n) is 2.02. The molecule has 0 amide bonds. The fourth-order valence-electron chi connectivity index (χ4n) is 0.758. The second-order valence-corrected chi connectivity index (χ2v) is 3.04. The van der Waals surface area contributed by atoms with Crippen LogP contribution in [-0.2, 0) is 0 Å². The Bertz CT molecular complexity index is 314. The van der Waals surface area contributed by atoms with E-state index >= 15 is 0 Å². The monoisotopic (exact) mass is 180 g/mol. The number of hydrogen-bond donors (Lipinski definition) is 0. The zero-order valence-corrected chi connectivity index (χ0v) is 5.74. The minimum absolute atomic E-state index is 0.124. The summed E-state index contributed by atoms with van der Waals surface area (Å²) < 4.78 is 49.4. The van der Waals surface area contributed by atoms with Gasteiger partial charge in [-0.1, -0.05) is 11.8 Å². The number of hydrogen-bond acceptors (Lipinski definition) is 1. The first kappa shape index (κ1) is 6.97. The van der Waals surface area contributed by atoms with Crippen LogP contribution < -0.4 is 0 Å². The Morgan fingerprint density at radius 1 is 0.636 bits per heavy atom. The summed E-state index contributed by atoms with van der Waals surface area (Å²) in [6.45, 7) is 0. The van der Waals surface area contributed by atoms with Gasteiger partial charge in [-0.15, -0.1) is 0 Å². The normalized spacial score (nSPS) is 13.1. The van der Waals surface area contributed by atoms with Crippen molar-refractivity contribution >= 4 is 11.8 Å². The van der Waals surface area contributed by atoms with Crippen molar-refractivity contribution in [2.45, 2.75) is 9.79 Å². The van der Waals surface area contributed by atoms with Gasteiger partial charge in [0, 0.05) is 0 Å². The molecule has 1 aromatic carbocycles. The molecule has 1 aromatic rings. The first-order chi connectivity index (χ1) is 5.13. The van der Waals surface area contributed by atoms with Crippen LogP contribution in [-0.4, -0.2) is 0 Å². The summed E-state index contributed by atoms with van der Waals surface area (Å²) in [6, 6.07) is 0. The van der Waals surface area contributed by atoms with Crippen molar-refractivity contribution in [1.82, 2.24) is 0 Å². The van der Waals surface area contributed by atoms with Crippen LogP contribution in [0.2, 0.25) is 0 Å². The third-order valence-electron chi connectivity index (χ3n) is 1.35. The van der Waals surface area contributed by atoms with Gasteiger partial charge in [-0.25, -0.2) is 17.6 Å². The number of halogens is 4. The fourth-order valence-corrected chi connectivity index (χ4v) is 1.45. The molecule has 0 saturated heterocycles. The van der Waals surface area contributed by atoms with Crippen LogP contribution in [0.3, 0.4) is 0 Å². The van der Waals surface area contributed by atoms with E-state index < -0.39 is 23.3 Å². The molecule has 0 aliphatic carbocycles. The molecule has 0 bridgehead atoms. The van der Waals surface area contributed by atoms with Crippen molar-refractivity contribution in [3.8, 4) is 0 Å². The van der Waals surface area contributed by atoms with Gasteiger partial charge in [-0.05, 0) is 0 Å². The van der Waals surface area contributed by atoms with E-state index in [0.29, 0.717) is 11.8 Å². The lowest BCUT2D eigenvalue weighted by Crippen LogP contribution is -1.92. The van der Waals surface area contributed by atoms with E-state index in [0.717, 1.165) is 0 Å². The molecular weight excluding hydrogens is 180 g/mol. The largest absolute Gasteiger partial charge is 0.202 e. The topological polar surface area (TPSA) is 0 Å². The molecule has 1 aliphatic heterocycles. The molecular formula is C6F4S. The van der Waals surface area contributed by atoms with Crippen molar-refractivity contribution in [3.05, 3.63) is 23.3 Å². The maximum atomic E-state index is 12.4. The summed E-state index contributed by atoms with van der Waals surface area (Å²) in [6.07, 6.45) is 0. The van der Waals surface area contributed by atoms with E-state index in [-0.39, 0.29) is 9.79 Å². The Kier molecular flexibility index (Phi) is 1.21. The van der Waals surface area contributed by atoms with Crippen LogP contribution in [0.5, 0.6) is 0 Å². The summed E-state index contributed by atoms with van der Waals surface area (Å²) in [5.74, 6) is -6.04. The summed E-state index contributed by atoms with van der Waals surface area (Å²) in [7, 11) is 0. The molecule has 58 valence electrons. The minimum atomic E-state index is -1.73. The Morgan fingerprint density at radius 2 is 1.00 bits per heavy atom. The van der Waals surface area contributed by atoms with Gasteiger partial charge >= 0.3 is 0 Å². The molecule has 0 radical (unpaired) electrons. The highest BCUT2D eigenvalue weighted by atomic mass is 32.2. The predicted molar refractivity (Wildman–Crippen MR) is 30.4 cm³/mol. The average molecular weight is 180 g/mol. The molecule has 1 heterocycles. The maximum Gasteiger partial charge on any atom is 0.198 e. The third kappa shape index (κ3) is 0.772. The summed E-state index contributed by atoms with van der Waals surface area (Å²) in [4.78, 5) is -0.247. The van der Waals surface area contributed by atoms with E-state index in [9.17, 15) is 17.6 Å². The van der Waals surface area contributed by atoms with Gasteiger partial charge < -0.3 is 0 Å². The van der Waals surface area contributed by atoms with Crippen LogP contribution in [0.25, 0.3) is 0 Å². The van der Waals surface area contributed by atoms with Crippen molar-refractivity contribution in [3.63, 3.8) is 0 Å². The molecule has 0 aromatic heterocycles. The predicted octanol–water partition coefficient (Wildman–Crippen LogP) is 2.71. The lowest BCUT2D eigenvalue weighted by Gasteiger charge is -1.91. The molecule has 1 aliphatic rings. The van der Waals surface area contributed by atoms with Crippen molar-refractivity contribution in [2.75, 3.05) is 0 Å². The molecule has 0 saturated carbocycles. The van der Waals surface area contributed by atoms with E-state index in [1.54, 1.807) is 0 Å². The summed E-state index contributed by atoms with van der Waals surface area (Å²) >= 11 is 0.710. The van der Waals surface area contributed by atoms with Crippen LogP contribution in [0.4, 0.5) is 17.6 Å². The van der Waals surface area contributed by atoms with Gasteiger partial charge in [0.05, 0.1) is 9.79 Å². The number of rotatable bonds is 0. The van der Waals surface area contributed by atoms with E-state index in [1.807, 2.05) is 0 Å². The second kappa shape index (κ2) is 1.91. The molecule has 0 atom stereocenters. The van der Waals surface area contributed by atoms with E-state index in [4.69, 9.17) is 0 Å². The highest BCUT2D eigenvalue weighted by Crippen LogP contribution is 2.52. The van der Waals surface area contributed by atoms with Gasteiger partial charge in [0.25, 0.3) is 0 Å². The van der Waals surface area contributed by atoms with Gasteiger partial charge in [-0.3, -0.25) is 0 Å².